The van der Waals surface area contributed by atoms with Gasteiger partial charge in [0.15, 0.2) is 0 Å². The van der Waals surface area contributed by atoms with Crippen LogP contribution in [0.4, 0.5) is 16.2 Å². The Morgan fingerprint density at radius 1 is 0.833 bits per heavy atom. The number of hydrogen-bond acceptors (Lipinski definition) is 7. The minimum Gasteiger partial charge on any atom is -0.485 e. The first kappa shape index (κ1) is 26.3. The lowest BCUT2D eigenvalue weighted by Crippen LogP contribution is -2.51. The molecular weight excluding hydrogens is 546 g/mol. The van der Waals surface area contributed by atoms with Gasteiger partial charge in [0.25, 0.3) is 0 Å². The van der Waals surface area contributed by atoms with Crippen molar-refractivity contribution in [3.8, 4) is 17.2 Å². The number of fused-ring (bicyclic) bond motifs is 2. The van der Waals surface area contributed by atoms with Crippen LogP contribution in [-0.4, -0.2) is 44.9 Å². The van der Waals surface area contributed by atoms with E-state index in [0.717, 1.165) is 78.0 Å². The SMILES string of the molecule is O=C(Nc1cccc2nsnc12)N1CCC2(CC1)CCN(Cc1ccc(Oc3ccccc3)cc1)c1ccccc1O2. The number of ether oxygens (including phenoxy) is 2. The molecule has 5 aromatic rings. The molecule has 7 rings (SSSR count). The summed E-state index contributed by atoms with van der Waals surface area (Å²) in [5.74, 6) is 2.55. The van der Waals surface area contributed by atoms with Gasteiger partial charge < -0.3 is 24.6 Å². The van der Waals surface area contributed by atoms with Gasteiger partial charge in [-0.2, -0.15) is 8.75 Å². The van der Waals surface area contributed by atoms with Crippen LogP contribution >= 0.6 is 11.7 Å². The minimum absolute atomic E-state index is 0.110. The van der Waals surface area contributed by atoms with Crippen LogP contribution in [0.5, 0.6) is 17.2 Å². The van der Waals surface area contributed by atoms with Gasteiger partial charge >= 0.3 is 6.03 Å². The van der Waals surface area contributed by atoms with Crippen molar-refractivity contribution in [2.75, 3.05) is 29.9 Å². The number of rotatable bonds is 5. The number of anilines is 2. The number of carbonyl (C=O) groups is 1. The van der Waals surface area contributed by atoms with Crippen molar-refractivity contribution in [2.45, 2.75) is 31.4 Å². The van der Waals surface area contributed by atoms with E-state index >= 15 is 0 Å². The molecule has 4 aromatic carbocycles. The second kappa shape index (κ2) is 11.3. The Kier molecular flexibility index (Phi) is 7.09. The molecule has 1 fully saturated rings. The molecule has 2 aliphatic rings. The van der Waals surface area contributed by atoms with Crippen molar-refractivity contribution in [1.29, 1.82) is 0 Å². The lowest BCUT2D eigenvalue weighted by atomic mass is 9.87. The summed E-state index contributed by atoms with van der Waals surface area (Å²) >= 11 is 1.15. The highest BCUT2D eigenvalue weighted by Gasteiger charge is 2.40. The number of urea groups is 1. The molecular formula is C33H31N5O3S. The van der Waals surface area contributed by atoms with Gasteiger partial charge in [-0.15, -0.1) is 0 Å². The summed E-state index contributed by atoms with van der Waals surface area (Å²) < 4.78 is 21.4. The predicted octanol–water partition coefficient (Wildman–Crippen LogP) is 7.34. The van der Waals surface area contributed by atoms with E-state index in [1.54, 1.807) is 0 Å². The third-order valence-corrected chi connectivity index (χ3v) is 8.68. The van der Waals surface area contributed by atoms with Gasteiger partial charge in [-0.1, -0.05) is 48.5 Å². The topological polar surface area (TPSA) is 79.8 Å². The van der Waals surface area contributed by atoms with Crippen molar-refractivity contribution in [2.24, 2.45) is 0 Å². The predicted molar refractivity (Wildman–Crippen MR) is 166 cm³/mol. The lowest BCUT2D eigenvalue weighted by molar-refractivity contribution is 0.0110. The fourth-order valence-electron chi connectivity index (χ4n) is 5.79. The van der Waals surface area contributed by atoms with Crippen LogP contribution in [0.1, 0.15) is 24.8 Å². The Labute approximate surface area is 248 Å². The molecule has 9 heteroatoms. The molecule has 0 unspecified atom stereocenters. The number of amides is 2. The molecule has 42 heavy (non-hydrogen) atoms. The van der Waals surface area contributed by atoms with Gasteiger partial charge in [-0.05, 0) is 54.1 Å². The van der Waals surface area contributed by atoms with E-state index in [1.165, 1.54) is 5.56 Å². The summed E-state index contributed by atoms with van der Waals surface area (Å²) in [5, 5.41) is 3.04. The number of nitrogens with zero attached hydrogens (tertiary/aromatic N) is 4. The molecule has 212 valence electrons. The summed E-state index contributed by atoms with van der Waals surface area (Å²) in [6.07, 6.45) is 2.43. The number of aromatic nitrogens is 2. The zero-order valence-electron chi connectivity index (χ0n) is 23.1. The molecule has 0 aliphatic carbocycles. The smallest absolute Gasteiger partial charge is 0.321 e. The van der Waals surface area contributed by atoms with Gasteiger partial charge in [-0.25, -0.2) is 4.79 Å². The van der Waals surface area contributed by atoms with Gasteiger partial charge in [-0.3, -0.25) is 0 Å². The number of benzene rings is 4. The second-order valence-corrected chi connectivity index (χ2v) is 11.4. The maximum atomic E-state index is 13.2. The normalized spacial score (nSPS) is 16.0. The highest BCUT2D eigenvalue weighted by atomic mass is 32.1. The number of nitrogens with one attached hydrogen (secondary N) is 1. The maximum absolute atomic E-state index is 13.2. The Morgan fingerprint density at radius 3 is 2.40 bits per heavy atom. The Hall–Kier alpha value is -4.63. The van der Waals surface area contributed by atoms with Crippen LogP contribution in [0.3, 0.4) is 0 Å². The second-order valence-electron chi connectivity index (χ2n) is 10.8. The number of piperidine rings is 1. The monoisotopic (exact) mass is 577 g/mol. The van der Waals surface area contributed by atoms with Gasteiger partial charge in [0, 0.05) is 45.4 Å². The number of hydrogen-bond donors (Lipinski definition) is 1. The van der Waals surface area contributed by atoms with E-state index in [9.17, 15) is 4.79 Å². The number of para-hydroxylation sites is 3. The van der Waals surface area contributed by atoms with Gasteiger partial charge in [0.05, 0.1) is 23.1 Å². The van der Waals surface area contributed by atoms with Gasteiger partial charge in [0.2, 0.25) is 0 Å². The van der Waals surface area contributed by atoms with E-state index in [1.807, 2.05) is 71.6 Å². The fourth-order valence-corrected chi connectivity index (χ4v) is 6.34. The van der Waals surface area contributed by atoms with Crippen molar-refractivity contribution in [3.63, 3.8) is 0 Å². The summed E-state index contributed by atoms with van der Waals surface area (Å²) in [6.45, 7) is 2.89. The highest BCUT2D eigenvalue weighted by Crippen LogP contribution is 2.41. The summed E-state index contributed by atoms with van der Waals surface area (Å²) in [4.78, 5) is 17.4. The molecule has 8 nitrogen and oxygen atoms in total. The van der Waals surface area contributed by atoms with Crippen LogP contribution in [-0.2, 0) is 6.54 Å². The standard InChI is InChI=1S/C33H31N5O3S/c39-32(34-27-9-6-10-28-31(27)36-42-35-28)37-20-17-33(18-21-37)19-22-38(29-11-4-5-12-30(29)41-33)23-24-13-15-26(16-14-24)40-25-7-2-1-3-8-25/h1-16H,17-23H2,(H,34,39). The minimum atomic E-state index is -0.312. The van der Waals surface area contributed by atoms with Crippen LogP contribution in [0.15, 0.2) is 97.1 Å². The van der Waals surface area contributed by atoms with E-state index in [0.29, 0.717) is 18.8 Å². The van der Waals surface area contributed by atoms with Crippen LogP contribution < -0.4 is 19.7 Å². The third-order valence-electron chi connectivity index (χ3n) is 8.13. The quantitative estimate of drug-likeness (QED) is 0.235. The van der Waals surface area contributed by atoms with Crippen molar-refractivity contribution >= 4 is 40.2 Å². The molecule has 1 aromatic heterocycles. The van der Waals surface area contributed by atoms with Crippen LogP contribution in [0.25, 0.3) is 11.0 Å². The molecule has 1 saturated heterocycles. The molecule has 0 bridgehead atoms. The Morgan fingerprint density at radius 2 is 1.57 bits per heavy atom. The average Bonchev–Trinajstić information content (AvgIpc) is 3.46. The Balaban J connectivity index is 1.01. The third kappa shape index (κ3) is 5.47. The van der Waals surface area contributed by atoms with Gasteiger partial charge in [0.1, 0.15) is 33.9 Å². The van der Waals surface area contributed by atoms with E-state index in [-0.39, 0.29) is 11.6 Å². The Bertz CT molecular complexity index is 1680. The highest BCUT2D eigenvalue weighted by molar-refractivity contribution is 7.00. The first-order valence-electron chi connectivity index (χ1n) is 14.3. The molecule has 1 spiro atoms. The van der Waals surface area contributed by atoms with E-state index in [4.69, 9.17) is 9.47 Å². The molecule has 0 radical (unpaired) electrons. The molecule has 0 atom stereocenters. The maximum Gasteiger partial charge on any atom is 0.321 e. The summed E-state index contributed by atoms with van der Waals surface area (Å²) in [7, 11) is 0. The first-order valence-corrected chi connectivity index (χ1v) is 15.0. The van der Waals surface area contributed by atoms with Crippen LogP contribution in [0, 0.1) is 0 Å². The first-order chi connectivity index (χ1) is 20.6. The van der Waals surface area contributed by atoms with E-state index < -0.39 is 0 Å². The molecule has 0 saturated carbocycles. The lowest BCUT2D eigenvalue weighted by Gasteiger charge is -2.41. The average molecular weight is 578 g/mol. The van der Waals surface area contributed by atoms with Crippen LogP contribution in [0.2, 0.25) is 0 Å². The van der Waals surface area contributed by atoms with Crippen molar-refractivity contribution in [3.05, 3.63) is 103 Å². The summed E-state index contributed by atoms with van der Waals surface area (Å²) in [6, 6.07) is 32.0. The van der Waals surface area contributed by atoms with Crippen molar-refractivity contribution < 1.29 is 14.3 Å². The number of carbonyl (C=O) groups excluding carboxylic acids is 1. The molecule has 1 N–H and O–H groups in total. The van der Waals surface area contributed by atoms with Crippen molar-refractivity contribution in [1.82, 2.24) is 13.6 Å². The molecule has 3 heterocycles. The fraction of sp³-hybridized carbons (Fsp3) is 0.242. The molecule has 2 amide bonds. The summed E-state index contributed by atoms with van der Waals surface area (Å²) in [5.41, 5.74) is 4.21. The zero-order chi connectivity index (χ0) is 28.4. The number of likely N-dealkylation sites (tertiary alicyclic amines) is 1. The zero-order valence-corrected chi connectivity index (χ0v) is 23.9. The largest absolute Gasteiger partial charge is 0.485 e. The van der Waals surface area contributed by atoms with E-state index in [2.05, 4.69) is 49.3 Å². The molecule has 2 aliphatic heterocycles.